The lowest BCUT2D eigenvalue weighted by Gasteiger charge is -2.41. The average molecular weight is 359 g/mol. The van der Waals surface area contributed by atoms with Gasteiger partial charge in [-0.25, -0.2) is 0 Å². The smallest absolute Gasteiger partial charge is 0.161 e. The molecule has 0 spiro atoms. The minimum Gasteiger partial charge on any atom is -0.493 e. The van der Waals surface area contributed by atoms with Crippen molar-refractivity contribution in [3.05, 3.63) is 22.2 Å². The molecule has 0 radical (unpaired) electrons. The molecule has 1 heterocycles. The maximum atomic E-state index is 9.44. The maximum Gasteiger partial charge on any atom is 0.161 e. The lowest BCUT2D eigenvalue weighted by molar-refractivity contribution is -0.945. The van der Waals surface area contributed by atoms with Gasteiger partial charge >= 0.3 is 0 Å². The molecule has 1 N–H and O–H groups in total. The Morgan fingerprint density at radius 2 is 1.71 bits per heavy atom. The second-order valence-corrected chi connectivity index (χ2v) is 6.61. The van der Waals surface area contributed by atoms with Crippen LogP contribution < -0.4 is 9.47 Å². The summed E-state index contributed by atoms with van der Waals surface area (Å²) in [5.74, 6) is 1.50. The molecule has 21 heavy (non-hydrogen) atoms. The van der Waals surface area contributed by atoms with Crippen molar-refractivity contribution >= 4 is 15.9 Å². The van der Waals surface area contributed by atoms with Gasteiger partial charge in [-0.05, 0) is 31.4 Å². The van der Waals surface area contributed by atoms with Crippen molar-refractivity contribution in [2.24, 2.45) is 0 Å². The Balaban J connectivity index is 2.27. The van der Waals surface area contributed by atoms with E-state index in [-0.39, 0.29) is 6.61 Å². The molecule has 1 aliphatic heterocycles. The number of quaternary nitrogens is 1. The zero-order valence-corrected chi connectivity index (χ0v) is 14.5. The van der Waals surface area contributed by atoms with Crippen molar-refractivity contribution in [1.82, 2.24) is 0 Å². The predicted octanol–water partition coefficient (Wildman–Crippen LogP) is 2.96. The highest BCUT2D eigenvalue weighted by Gasteiger charge is 2.30. The molecule has 5 heteroatoms. The van der Waals surface area contributed by atoms with Crippen LogP contribution in [0.2, 0.25) is 0 Å². The number of piperidine rings is 1. The summed E-state index contributed by atoms with van der Waals surface area (Å²) in [6, 6.07) is 4.02. The highest BCUT2D eigenvalue weighted by atomic mass is 79.9. The van der Waals surface area contributed by atoms with E-state index in [1.807, 2.05) is 6.07 Å². The highest BCUT2D eigenvalue weighted by Crippen LogP contribution is 2.35. The van der Waals surface area contributed by atoms with Crippen molar-refractivity contribution < 1.29 is 19.1 Å². The van der Waals surface area contributed by atoms with Crippen molar-refractivity contribution in [3.8, 4) is 11.5 Å². The number of hydrogen-bond donors (Lipinski definition) is 1. The Bertz CT molecular complexity index is 467. The first-order valence-corrected chi connectivity index (χ1v) is 8.30. The third-order valence-electron chi connectivity index (χ3n) is 4.40. The Labute approximate surface area is 135 Å². The summed E-state index contributed by atoms with van der Waals surface area (Å²) < 4.78 is 12.8. The van der Waals surface area contributed by atoms with Crippen molar-refractivity contribution in [3.63, 3.8) is 0 Å². The van der Waals surface area contributed by atoms with Crippen LogP contribution >= 0.6 is 15.9 Å². The number of likely N-dealkylation sites (tertiary alicyclic amines) is 1. The van der Waals surface area contributed by atoms with Gasteiger partial charge in [-0.1, -0.05) is 15.9 Å². The van der Waals surface area contributed by atoms with Crippen LogP contribution in [0.5, 0.6) is 11.5 Å². The normalized spacial score (nSPS) is 17.5. The Morgan fingerprint density at radius 3 is 2.29 bits per heavy atom. The number of halogens is 1. The van der Waals surface area contributed by atoms with Gasteiger partial charge < -0.3 is 19.1 Å². The highest BCUT2D eigenvalue weighted by molar-refractivity contribution is 9.10. The van der Waals surface area contributed by atoms with Crippen LogP contribution in [0.25, 0.3) is 0 Å². The van der Waals surface area contributed by atoms with E-state index in [1.54, 1.807) is 14.2 Å². The summed E-state index contributed by atoms with van der Waals surface area (Å²) in [6.45, 7) is 4.26. The number of rotatable bonds is 6. The summed E-state index contributed by atoms with van der Waals surface area (Å²) in [4.78, 5) is 0. The van der Waals surface area contributed by atoms with Crippen molar-refractivity contribution in [2.75, 3.05) is 40.5 Å². The average Bonchev–Trinajstić information content (AvgIpc) is 2.50. The van der Waals surface area contributed by atoms with E-state index < -0.39 is 0 Å². The zero-order valence-electron chi connectivity index (χ0n) is 12.9. The molecule has 1 aliphatic rings. The monoisotopic (exact) mass is 358 g/mol. The lowest BCUT2D eigenvalue weighted by Crippen LogP contribution is -2.52. The summed E-state index contributed by atoms with van der Waals surface area (Å²) >= 11 is 3.65. The number of methoxy groups -OCH3 is 2. The number of ether oxygens (including phenoxy) is 2. The molecule has 0 atom stereocenters. The van der Waals surface area contributed by atoms with E-state index in [4.69, 9.17) is 9.47 Å². The fourth-order valence-electron chi connectivity index (χ4n) is 3.23. The second-order valence-electron chi connectivity index (χ2n) is 5.75. The quantitative estimate of drug-likeness (QED) is 0.794. The number of nitrogens with zero attached hydrogens (tertiary/aromatic N) is 1. The summed E-state index contributed by atoms with van der Waals surface area (Å²) in [7, 11) is 3.31. The van der Waals surface area contributed by atoms with Gasteiger partial charge in [0.25, 0.3) is 0 Å². The molecule has 4 nitrogen and oxygen atoms in total. The van der Waals surface area contributed by atoms with Gasteiger partial charge in [0.2, 0.25) is 0 Å². The summed E-state index contributed by atoms with van der Waals surface area (Å²) in [5.41, 5.74) is 1.21. The topological polar surface area (TPSA) is 38.7 Å². The van der Waals surface area contributed by atoms with E-state index >= 15 is 0 Å². The number of aliphatic hydroxyl groups excluding tert-OH is 1. The molecule has 0 unspecified atom stereocenters. The van der Waals surface area contributed by atoms with E-state index in [1.165, 1.54) is 24.8 Å². The molecule has 1 saturated heterocycles. The molecule has 0 aromatic heterocycles. The largest absolute Gasteiger partial charge is 0.493 e. The fourth-order valence-corrected chi connectivity index (χ4v) is 3.68. The predicted molar refractivity (Wildman–Crippen MR) is 86.7 cm³/mol. The molecule has 1 fully saturated rings. The lowest BCUT2D eigenvalue weighted by atomic mass is 10.0. The Morgan fingerprint density at radius 1 is 1.10 bits per heavy atom. The van der Waals surface area contributed by atoms with E-state index in [2.05, 4.69) is 22.0 Å². The molecule has 2 rings (SSSR count). The van der Waals surface area contributed by atoms with Crippen molar-refractivity contribution in [2.45, 2.75) is 25.8 Å². The van der Waals surface area contributed by atoms with Crippen LogP contribution in [-0.4, -0.2) is 50.1 Å². The first-order chi connectivity index (χ1) is 10.1. The van der Waals surface area contributed by atoms with Crippen LogP contribution in [0.1, 0.15) is 24.8 Å². The molecular weight excluding hydrogens is 334 g/mol. The van der Waals surface area contributed by atoms with E-state index in [9.17, 15) is 5.11 Å². The van der Waals surface area contributed by atoms with Crippen LogP contribution in [0.3, 0.4) is 0 Å². The van der Waals surface area contributed by atoms with Gasteiger partial charge in [-0.15, -0.1) is 0 Å². The first kappa shape index (κ1) is 16.6. The zero-order chi connectivity index (χ0) is 15.3. The molecule has 0 amide bonds. The van der Waals surface area contributed by atoms with Gasteiger partial charge in [0, 0.05) is 10.0 Å². The SMILES string of the molecule is COc1cc(Br)c(C[N+]2(CCO)CCCCC2)cc1OC. The molecule has 118 valence electrons. The van der Waals surface area contributed by atoms with E-state index in [0.717, 1.165) is 46.6 Å². The molecule has 0 aliphatic carbocycles. The summed E-state index contributed by atoms with van der Waals surface area (Å²) in [6.07, 6.45) is 3.79. The fraction of sp³-hybridized carbons (Fsp3) is 0.625. The third kappa shape index (κ3) is 3.90. The van der Waals surface area contributed by atoms with Gasteiger partial charge in [-0.3, -0.25) is 0 Å². The van der Waals surface area contributed by atoms with Gasteiger partial charge in [-0.2, -0.15) is 0 Å². The number of hydrogen-bond acceptors (Lipinski definition) is 3. The molecule has 0 saturated carbocycles. The molecule has 0 bridgehead atoms. The molecule has 1 aromatic rings. The minimum atomic E-state index is 0.241. The molecular formula is C16H25BrNO3+. The van der Waals surface area contributed by atoms with Gasteiger partial charge in [0.15, 0.2) is 11.5 Å². The molecule has 1 aromatic carbocycles. The van der Waals surface area contributed by atoms with E-state index in [0.29, 0.717) is 0 Å². The van der Waals surface area contributed by atoms with Gasteiger partial charge in [0.05, 0.1) is 33.9 Å². The standard InChI is InChI=1S/C16H25BrNO3/c1-20-15-10-13(14(17)11-16(15)21-2)12-18(8-9-19)6-4-3-5-7-18/h10-11,19H,3-9,12H2,1-2H3/q+1. The maximum absolute atomic E-state index is 9.44. The Kier molecular flexibility index (Phi) is 5.90. The van der Waals surface area contributed by atoms with Crippen LogP contribution in [-0.2, 0) is 6.54 Å². The Hall–Kier alpha value is -0.780. The second kappa shape index (κ2) is 7.47. The first-order valence-electron chi connectivity index (χ1n) is 7.50. The van der Waals surface area contributed by atoms with Crippen LogP contribution in [0.15, 0.2) is 16.6 Å². The van der Waals surface area contributed by atoms with Crippen molar-refractivity contribution in [1.29, 1.82) is 0 Å². The van der Waals surface area contributed by atoms with Gasteiger partial charge in [0.1, 0.15) is 13.1 Å². The minimum absolute atomic E-state index is 0.241. The number of benzene rings is 1. The summed E-state index contributed by atoms with van der Waals surface area (Å²) in [5, 5.41) is 9.44. The van der Waals surface area contributed by atoms with Crippen LogP contribution in [0.4, 0.5) is 0 Å². The number of aliphatic hydroxyl groups is 1. The van der Waals surface area contributed by atoms with Crippen LogP contribution in [0, 0.1) is 0 Å². The third-order valence-corrected chi connectivity index (χ3v) is 5.14.